The molecule has 0 fully saturated rings. The Bertz CT molecular complexity index is 480. The van der Waals surface area contributed by atoms with Crippen molar-refractivity contribution in [2.24, 2.45) is 0 Å². The van der Waals surface area contributed by atoms with Crippen molar-refractivity contribution in [2.45, 2.75) is 6.92 Å². The topological polar surface area (TPSA) is 38.9 Å². The van der Waals surface area contributed by atoms with E-state index in [0.29, 0.717) is 11.3 Å². The monoisotopic (exact) mass is 202 g/mol. The fraction of sp³-hybridized carbons (Fsp3) is 0.0833. The summed E-state index contributed by atoms with van der Waals surface area (Å²) in [6.07, 6.45) is 1.68. The van der Waals surface area contributed by atoms with Crippen LogP contribution >= 0.6 is 0 Å². The number of benzene rings is 1. The van der Waals surface area contributed by atoms with Gasteiger partial charge in [0.15, 0.2) is 0 Å². The van der Waals surface area contributed by atoms with Crippen LogP contribution in [0.5, 0.6) is 0 Å². The molecule has 2 rings (SSSR count). The Balaban J connectivity index is 2.63. The fourth-order valence-electron chi connectivity index (χ4n) is 1.49. The van der Waals surface area contributed by atoms with E-state index < -0.39 is 0 Å². The van der Waals surface area contributed by atoms with Crippen LogP contribution in [0.4, 0.5) is 10.1 Å². The Kier molecular flexibility index (Phi) is 2.37. The molecule has 2 nitrogen and oxygen atoms in total. The van der Waals surface area contributed by atoms with E-state index in [1.807, 2.05) is 18.2 Å². The molecule has 0 unspecified atom stereocenters. The van der Waals surface area contributed by atoms with E-state index in [1.54, 1.807) is 19.2 Å². The van der Waals surface area contributed by atoms with Gasteiger partial charge in [-0.05, 0) is 36.8 Å². The van der Waals surface area contributed by atoms with Crippen molar-refractivity contribution in [3.63, 3.8) is 0 Å². The van der Waals surface area contributed by atoms with E-state index in [0.717, 1.165) is 11.3 Å². The van der Waals surface area contributed by atoms with Gasteiger partial charge in [-0.2, -0.15) is 0 Å². The average Bonchev–Trinajstić information content (AvgIpc) is 2.24. The first-order valence-corrected chi connectivity index (χ1v) is 4.65. The molecule has 1 heterocycles. The Morgan fingerprint density at radius 2 is 2.07 bits per heavy atom. The number of hydrogen-bond donors (Lipinski definition) is 1. The minimum Gasteiger partial charge on any atom is -0.399 e. The predicted molar refractivity (Wildman–Crippen MR) is 58.8 cm³/mol. The van der Waals surface area contributed by atoms with Gasteiger partial charge >= 0.3 is 0 Å². The molecule has 3 heteroatoms. The number of anilines is 1. The van der Waals surface area contributed by atoms with Gasteiger partial charge in [0.05, 0.1) is 5.69 Å². The van der Waals surface area contributed by atoms with Crippen molar-refractivity contribution in [2.75, 3.05) is 5.73 Å². The molecular weight excluding hydrogens is 191 g/mol. The summed E-state index contributed by atoms with van der Waals surface area (Å²) in [5.74, 6) is -0.296. The zero-order valence-corrected chi connectivity index (χ0v) is 8.37. The molecule has 15 heavy (non-hydrogen) atoms. The summed E-state index contributed by atoms with van der Waals surface area (Å²) in [5.41, 5.74) is 8.07. The Morgan fingerprint density at radius 3 is 2.73 bits per heavy atom. The van der Waals surface area contributed by atoms with E-state index in [9.17, 15) is 4.39 Å². The van der Waals surface area contributed by atoms with Crippen molar-refractivity contribution in [3.05, 3.63) is 47.9 Å². The van der Waals surface area contributed by atoms with Gasteiger partial charge in [0.2, 0.25) is 0 Å². The number of halogens is 1. The molecule has 2 N–H and O–H groups in total. The first kappa shape index (κ1) is 9.65. The highest BCUT2D eigenvalue weighted by Crippen LogP contribution is 2.25. The lowest BCUT2D eigenvalue weighted by Crippen LogP contribution is -1.94. The highest BCUT2D eigenvalue weighted by Gasteiger charge is 2.08. The summed E-state index contributed by atoms with van der Waals surface area (Å²) in [6.45, 7) is 1.72. The standard InChI is InChI=1S/C12H11FN2/c1-8-10(6-9(14)7-11(8)13)12-4-2-3-5-15-12/h2-7H,14H2,1H3. The summed E-state index contributed by atoms with van der Waals surface area (Å²) < 4.78 is 13.4. The lowest BCUT2D eigenvalue weighted by molar-refractivity contribution is 0.620. The van der Waals surface area contributed by atoms with E-state index in [1.165, 1.54) is 6.07 Å². The van der Waals surface area contributed by atoms with Crippen molar-refractivity contribution in [1.82, 2.24) is 4.98 Å². The maximum atomic E-state index is 13.4. The van der Waals surface area contributed by atoms with Gasteiger partial charge < -0.3 is 5.73 Å². The normalized spacial score (nSPS) is 10.3. The van der Waals surface area contributed by atoms with Crippen LogP contribution in [0.3, 0.4) is 0 Å². The first-order valence-electron chi connectivity index (χ1n) is 4.65. The van der Waals surface area contributed by atoms with Crippen molar-refractivity contribution >= 4 is 5.69 Å². The number of aromatic nitrogens is 1. The second-order valence-corrected chi connectivity index (χ2v) is 3.39. The number of rotatable bonds is 1. The molecule has 76 valence electrons. The van der Waals surface area contributed by atoms with E-state index in [4.69, 9.17) is 5.73 Å². The van der Waals surface area contributed by atoms with Crippen molar-refractivity contribution < 1.29 is 4.39 Å². The molecule has 0 aliphatic carbocycles. The average molecular weight is 202 g/mol. The third kappa shape index (κ3) is 1.81. The second-order valence-electron chi connectivity index (χ2n) is 3.39. The summed E-state index contributed by atoms with van der Waals surface area (Å²) in [4.78, 5) is 4.17. The highest BCUT2D eigenvalue weighted by atomic mass is 19.1. The molecule has 0 bridgehead atoms. The molecule has 0 spiro atoms. The Morgan fingerprint density at radius 1 is 1.27 bits per heavy atom. The largest absolute Gasteiger partial charge is 0.399 e. The molecule has 0 aliphatic heterocycles. The Hall–Kier alpha value is -1.90. The van der Waals surface area contributed by atoms with Gasteiger partial charge in [-0.3, -0.25) is 4.98 Å². The first-order chi connectivity index (χ1) is 7.18. The minimum absolute atomic E-state index is 0.296. The zero-order valence-electron chi connectivity index (χ0n) is 8.37. The summed E-state index contributed by atoms with van der Waals surface area (Å²) >= 11 is 0. The number of hydrogen-bond acceptors (Lipinski definition) is 2. The summed E-state index contributed by atoms with van der Waals surface area (Å²) in [5, 5.41) is 0. The van der Waals surface area contributed by atoms with Crippen LogP contribution in [0.2, 0.25) is 0 Å². The van der Waals surface area contributed by atoms with Gasteiger partial charge in [0, 0.05) is 17.4 Å². The Labute approximate surface area is 87.6 Å². The number of nitrogen functional groups attached to an aromatic ring is 1. The molecule has 0 saturated carbocycles. The zero-order chi connectivity index (χ0) is 10.8. The lowest BCUT2D eigenvalue weighted by atomic mass is 10.0. The third-order valence-electron chi connectivity index (χ3n) is 2.31. The van der Waals surface area contributed by atoms with E-state index >= 15 is 0 Å². The molecule has 0 aliphatic rings. The van der Waals surface area contributed by atoms with Crippen LogP contribution < -0.4 is 5.73 Å². The van der Waals surface area contributed by atoms with Crippen LogP contribution in [-0.4, -0.2) is 4.98 Å². The molecule has 1 aromatic heterocycles. The van der Waals surface area contributed by atoms with Crippen LogP contribution in [0.15, 0.2) is 36.5 Å². The molecule has 1 aromatic carbocycles. The summed E-state index contributed by atoms with van der Waals surface area (Å²) in [7, 11) is 0. The molecule has 0 amide bonds. The van der Waals surface area contributed by atoms with E-state index in [2.05, 4.69) is 4.98 Å². The summed E-state index contributed by atoms with van der Waals surface area (Å²) in [6, 6.07) is 8.58. The molecule has 2 aromatic rings. The van der Waals surface area contributed by atoms with Crippen molar-refractivity contribution in [1.29, 1.82) is 0 Å². The SMILES string of the molecule is Cc1c(F)cc(N)cc1-c1ccccn1. The second kappa shape index (κ2) is 3.69. The maximum absolute atomic E-state index is 13.4. The molecule has 0 saturated heterocycles. The highest BCUT2D eigenvalue weighted by molar-refractivity contribution is 5.68. The maximum Gasteiger partial charge on any atom is 0.128 e. The van der Waals surface area contributed by atoms with Gasteiger partial charge in [0.1, 0.15) is 5.82 Å². The predicted octanol–water partition coefficient (Wildman–Crippen LogP) is 2.78. The van der Waals surface area contributed by atoms with Crippen LogP contribution in [0, 0.1) is 12.7 Å². The fourth-order valence-corrected chi connectivity index (χ4v) is 1.49. The van der Waals surface area contributed by atoms with Crippen LogP contribution in [0.1, 0.15) is 5.56 Å². The third-order valence-corrected chi connectivity index (χ3v) is 2.31. The van der Waals surface area contributed by atoms with Gasteiger partial charge in [-0.25, -0.2) is 4.39 Å². The smallest absolute Gasteiger partial charge is 0.128 e. The number of nitrogens with two attached hydrogens (primary N) is 1. The van der Waals surface area contributed by atoms with Crippen LogP contribution in [0.25, 0.3) is 11.3 Å². The quantitative estimate of drug-likeness (QED) is 0.722. The number of nitrogens with zero attached hydrogens (tertiary/aromatic N) is 1. The van der Waals surface area contributed by atoms with Gasteiger partial charge in [0.25, 0.3) is 0 Å². The van der Waals surface area contributed by atoms with E-state index in [-0.39, 0.29) is 5.82 Å². The minimum atomic E-state index is -0.296. The number of pyridine rings is 1. The van der Waals surface area contributed by atoms with Crippen LogP contribution in [-0.2, 0) is 0 Å². The molecule has 0 radical (unpaired) electrons. The van der Waals surface area contributed by atoms with Crippen molar-refractivity contribution in [3.8, 4) is 11.3 Å². The molecular formula is C12H11FN2. The lowest BCUT2D eigenvalue weighted by Gasteiger charge is -2.07. The van der Waals surface area contributed by atoms with Gasteiger partial charge in [-0.1, -0.05) is 6.07 Å². The van der Waals surface area contributed by atoms with Gasteiger partial charge in [-0.15, -0.1) is 0 Å². The molecule has 0 atom stereocenters.